The number of hydrogen-bond donors (Lipinski definition) is 1. The molecule has 3 nitrogen and oxygen atoms in total. The van der Waals surface area contributed by atoms with E-state index >= 15 is 0 Å². The van der Waals surface area contributed by atoms with Gasteiger partial charge in [0, 0.05) is 16.8 Å². The zero-order valence-electron chi connectivity index (χ0n) is 9.87. The van der Waals surface area contributed by atoms with Crippen LogP contribution in [0.15, 0.2) is 29.4 Å². The summed E-state index contributed by atoms with van der Waals surface area (Å²) in [6.45, 7) is 1.96. The van der Waals surface area contributed by atoms with Crippen LogP contribution in [-0.4, -0.2) is 16.2 Å². The lowest BCUT2D eigenvalue weighted by molar-refractivity contribution is 0.976. The first-order chi connectivity index (χ1) is 8.58. The number of aryl methyl sites for hydroxylation is 1. The number of halogens is 2. The fourth-order valence-electron chi connectivity index (χ4n) is 1.37. The van der Waals surface area contributed by atoms with Gasteiger partial charge in [0.05, 0.1) is 0 Å². The number of benzene rings is 1. The first-order valence-corrected chi connectivity index (χ1v) is 7.18. The van der Waals surface area contributed by atoms with E-state index in [4.69, 9.17) is 23.2 Å². The molecule has 1 aromatic heterocycles. The number of aromatic nitrogens is 2. The number of thioether (sulfide) groups is 1. The van der Waals surface area contributed by atoms with Gasteiger partial charge in [-0.1, -0.05) is 41.0 Å². The van der Waals surface area contributed by atoms with Crippen LogP contribution in [0.25, 0.3) is 0 Å². The van der Waals surface area contributed by atoms with Crippen LogP contribution in [0.3, 0.4) is 0 Å². The van der Waals surface area contributed by atoms with E-state index in [1.54, 1.807) is 6.07 Å². The molecule has 0 fully saturated rings. The summed E-state index contributed by atoms with van der Waals surface area (Å²) in [6, 6.07) is 7.42. The second kappa shape index (κ2) is 5.78. The SMILES string of the molecule is CSc1nc(Cl)cc(Nc2ccc(C)c(Cl)c2)n1. The number of hydrogen-bond acceptors (Lipinski definition) is 4. The highest BCUT2D eigenvalue weighted by atomic mass is 35.5. The molecule has 94 valence electrons. The topological polar surface area (TPSA) is 37.8 Å². The summed E-state index contributed by atoms with van der Waals surface area (Å²) >= 11 is 13.4. The highest BCUT2D eigenvalue weighted by molar-refractivity contribution is 7.98. The Morgan fingerprint density at radius 1 is 1.17 bits per heavy atom. The van der Waals surface area contributed by atoms with Crippen molar-refractivity contribution in [1.29, 1.82) is 0 Å². The molecule has 0 saturated heterocycles. The Morgan fingerprint density at radius 3 is 2.61 bits per heavy atom. The number of rotatable bonds is 3. The maximum atomic E-state index is 6.07. The minimum absolute atomic E-state index is 0.412. The van der Waals surface area contributed by atoms with Crippen molar-refractivity contribution in [3.05, 3.63) is 40.0 Å². The monoisotopic (exact) mass is 299 g/mol. The Kier molecular flexibility index (Phi) is 4.32. The molecule has 2 rings (SSSR count). The van der Waals surface area contributed by atoms with E-state index in [9.17, 15) is 0 Å². The second-order valence-corrected chi connectivity index (χ2v) is 5.22. The highest BCUT2D eigenvalue weighted by Crippen LogP contribution is 2.24. The average Bonchev–Trinajstić information content (AvgIpc) is 2.33. The third-order valence-electron chi connectivity index (χ3n) is 2.30. The Morgan fingerprint density at radius 2 is 1.94 bits per heavy atom. The maximum Gasteiger partial charge on any atom is 0.190 e. The average molecular weight is 300 g/mol. The van der Waals surface area contributed by atoms with Crippen molar-refractivity contribution in [3.8, 4) is 0 Å². The van der Waals surface area contributed by atoms with Crippen molar-refractivity contribution in [2.45, 2.75) is 12.1 Å². The van der Waals surface area contributed by atoms with Gasteiger partial charge < -0.3 is 5.32 Å². The number of anilines is 2. The van der Waals surface area contributed by atoms with Crippen molar-refractivity contribution in [2.24, 2.45) is 0 Å². The number of nitrogens with zero attached hydrogens (tertiary/aromatic N) is 2. The summed E-state index contributed by atoms with van der Waals surface area (Å²) in [5.41, 5.74) is 1.90. The van der Waals surface area contributed by atoms with Gasteiger partial charge in [0.15, 0.2) is 5.16 Å². The van der Waals surface area contributed by atoms with Gasteiger partial charge in [-0.15, -0.1) is 0 Å². The van der Waals surface area contributed by atoms with Gasteiger partial charge >= 0.3 is 0 Å². The standard InChI is InChI=1S/C12H11Cl2N3S/c1-7-3-4-8(5-9(7)13)15-11-6-10(14)16-12(17-11)18-2/h3-6H,1-2H3,(H,15,16,17). The Hall–Kier alpha value is -0.970. The molecule has 0 aliphatic heterocycles. The lowest BCUT2D eigenvalue weighted by Gasteiger charge is -2.08. The second-order valence-electron chi connectivity index (χ2n) is 3.65. The summed E-state index contributed by atoms with van der Waals surface area (Å²) in [4.78, 5) is 8.39. The molecule has 1 aromatic carbocycles. The van der Waals surface area contributed by atoms with Gasteiger partial charge in [0.25, 0.3) is 0 Å². The molecule has 0 saturated carbocycles. The zero-order valence-corrected chi connectivity index (χ0v) is 12.2. The van der Waals surface area contributed by atoms with Gasteiger partial charge in [0.1, 0.15) is 11.0 Å². The highest BCUT2D eigenvalue weighted by Gasteiger charge is 2.04. The molecule has 0 spiro atoms. The van der Waals surface area contributed by atoms with Crippen molar-refractivity contribution in [3.63, 3.8) is 0 Å². The summed E-state index contributed by atoms with van der Waals surface area (Å²) < 4.78 is 0. The van der Waals surface area contributed by atoms with E-state index in [2.05, 4.69) is 15.3 Å². The number of nitrogens with one attached hydrogen (secondary N) is 1. The molecule has 0 amide bonds. The van der Waals surface area contributed by atoms with Gasteiger partial charge in [-0.25, -0.2) is 9.97 Å². The molecule has 2 aromatic rings. The Bertz CT molecular complexity index is 575. The molecule has 0 atom stereocenters. The van der Waals surface area contributed by atoms with Gasteiger partial charge in [-0.3, -0.25) is 0 Å². The summed E-state index contributed by atoms with van der Waals surface area (Å²) in [5.74, 6) is 0.652. The molecule has 0 bridgehead atoms. The van der Waals surface area contributed by atoms with Crippen LogP contribution in [0, 0.1) is 6.92 Å². The van der Waals surface area contributed by atoms with E-state index in [1.807, 2.05) is 31.4 Å². The van der Waals surface area contributed by atoms with E-state index in [-0.39, 0.29) is 0 Å². The first kappa shape index (κ1) is 13.5. The Labute approximate surface area is 120 Å². The molecule has 6 heteroatoms. The predicted molar refractivity (Wildman–Crippen MR) is 78.3 cm³/mol. The molecule has 18 heavy (non-hydrogen) atoms. The minimum atomic E-state index is 0.412. The first-order valence-electron chi connectivity index (χ1n) is 5.20. The van der Waals surface area contributed by atoms with E-state index in [1.165, 1.54) is 11.8 Å². The fraction of sp³-hybridized carbons (Fsp3) is 0.167. The Balaban J connectivity index is 2.27. The van der Waals surface area contributed by atoms with Crippen molar-refractivity contribution < 1.29 is 0 Å². The smallest absolute Gasteiger partial charge is 0.190 e. The minimum Gasteiger partial charge on any atom is -0.340 e. The maximum absolute atomic E-state index is 6.07. The van der Waals surface area contributed by atoms with Crippen LogP contribution in [-0.2, 0) is 0 Å². The zero-order chi connectivity index (χ0) is 13.1. The summed E-state index contributed by atoms with van der Waals surface area (Å²) in [6.07, 6.45) is 1.90. The van der Waals surface area contributed by atoms with Gasteiger partial charge in [-0.05, 0) is 30.9 Å². The molecule has 1 N–H and O–H groups in total. The molecular weight excluding hydrogens is 289 g/mol. The normalized spacial score (nSPS) is 10.4. The quantitative estimate of drug-likeness (QED) is 0.512. The lowest BCUT2D eigenvalue weighted by Crippen LogP contribution is -1.96. The molecule has 0 radical (unpaired) electrons. The molecular formula is C12H11Cl2N3S. The van der Waals surface area contributed by atoms with E-state index in [0.29, 0.717) is 21.2 Å². The molecule has 0 aliphatic carbocycles. The van der Waals surface area contributed by atoms with Crippen LogP contribution in [0.4, 0.5) is 11.5 Å². The largest absolute Gasteiger partial charge is 0.340 e. The van der Waals surface area contributed by atoms with Gasteiger partial charge in [0.2, 0.25) is 0 Å². The predicted octanol–water partition coefficient (Wildman–Crippen LogP) is 4.56. The third kappa shape index (κ3) is 3.28. The lowest BCUT2D eigenvalue weighted by atomic mass is 10.2. The van der Waals surface area contributed by atoms with E-state index < -0.39 is 0 Å². The van der Waals surface area contributed by atoms with Crippen LogP contribution in [0.2, 0.25) is 10.2 Å². The van der Waals surface area contributed by atoms with Crippen LogP contribution in [0.1, 0.15) is 5.56 Å². The molecule has 1 heterocycles. The van der Waals surface area contributed by atoms with Crippen LogP contribution >= 0.6 is 35.0 Å². The van der Waals surface area contributed by atoms with Crippen LogP contribution < -0.4 is 5.32 Å². The van der Waals surface area contributed by atoms with Gasteiger partial charge in [-0.2, -0.15) is 0 Å². The summed E-state index contributed by atoms with van der Waals surface area (Å²) in [7, 11) is 0. The van der Waals surface area contributed by atoms with E-state index in [0.717, 1.165) is 11.3 Å². The summed E-state index contributed by atoms with van der Waals surface area (Å²) in [5, 5.41) is 4.91. The van der Waals surface area contributed by atoms with Crippen molar-refractivity contribution >= 4 is 46.5 Å². The van der Waals surface area contributed by atoms with Crippen molar-refractivity contribution in [1.82, 2.24) is 9.97 Å². The third-order valence-corrected chi connectivity index (χ3v) is 3.45. The fourth-order valence-corrected chi connectivity index (χ4v) is 2.16. The van der Waals surface area contributed by atoms with Crippen molar-refractivity contribution in [2.75, 3.05) is 11.6 Å². The molecule has 0 unspecified atom stereocenters. The van der Waals surface area contributed by atoms with Crippen LogP contribution in [0.5, 0.6) is 0 Å². The molecule has 0 aliphatic rings.